The van der Waals surface area contributed by atoms with Crippen LogP contribution < -0.4 is 21.1 Å². The maximum atomic E-state index is 13.1. The summed E-state index contributed by atoms with van der Waals surface area (Å²) in [6.45, 7) is 0.146. The van der Waals surface area contributed by atoms with Crippen LogP contribution in [-0.2, 0) is 28.1 Å². The molecule has 3 heterocycles. The molecule has 1 aromatic carbocycles. The lowest BCUT2D eigenvalue weighted by molar-refractivity contribution is -0.125. The maximum absolute atomic E-state index is 13.1. The molecule has 5 rings (SSSR count). The molecule has 5 amide bonds. The summed E-state index contributed by atoms with van der Waals surface area (Å²) in [5.41, 5.74) is 6.09. The second-order valence-corrected chi connectivity index (χ2v) is 8.06. The monoisotopic (exact) mass is 448 g/mol. The first-order valence-electron chi connectivity index (χ1n) is 10.2. The summed E-state index contributed by atoms with van der Waals surface area (Å²) in [6, 6.07) is 6.19. The maximum Gasteiger partial charge on any atom is 0.322 e. The zero-order valence-corrected chi connectivity index (χ0v) is 17.6. The Morgan fingerprint density at radius 1 is 1.21 bits per heavy atom. The van der Waals surface area contributed by atoms with Crippen LogP contribution in [0.25, 0.3) is 6.08 Å². The minimum absolute atomic E-state index is 0.126. The predicted octanol–water partition coefficient (Wildman–Crippen LogP) is 0.960. The van der Waals surface area contributed by atoms with Crippen molar-refractivity contribution in [1.29, 1.82) is 0 Å². The third-order valence-corrected chi connectivity index (χ3v) is 6.07. The molecular formula is C23H20N4O6. The molecule has 3 aliphatic rings. The second kappa shape index (κ2) is 7.37. The van der Waals surface area contributed by atoms with E-state index in [1.165, 1.54) is 18.1 Å². The number of hydrogen-bond donors (Lipinski definition) is 3. The van der Waals surface area contributed by atoms with Gasteiger partial charge in [0.25, 0.3) is 11.8 Å². The standard InChI is InChI=1S/C23H20N4O6/c1-32-15-6-4-14-10-27(20(29)16(14)9-15)11-23(21(30)25-22(31)26-23)18-8-13-3-2-12(19(24)28)5-7-17(13)33-18/h2,4-9H,3,10-11H2,1H3,(H2,24,28)(H2,25,26,30,31)/t23-/m0/s1. The predicted molar refractivity (Wildman–Crippen MR) is 115 cm³/mol. The quantitative estimate of drug-likeness (QED) is 0.581. The van der Waals surface area contributed by atoms with E-state index in [-0.39, 0.29) is 24.8 Å². The molecule has 10 nitrogen and oxygen atoms in total. The van der Waals surface area contributed by atoms with Gasteiger partial charge in [0.1, 0.15) is 17.3 Å². The van der Waals surface area contributed by atoms with Crippen LogP contribution in [0.2, 0.25) is 0 Å². The van der Waals surface area contributed by atoms with Crippen molar-refractivity contribution < 1.29 is 28.3 Å². The van der Waals surface area contributed by atoms with E-state index in [4.69, 9.17) is 14.9 Å². The highest BCUT2D eigenvalue weighted by atomic mass is 16.5. The molecule has 1 fully saturated rings. The zero-order valence-electron chi connectivity index (χ0n) is 17.6. The lowest BCUT2D eigenvalue weighted by atomic mass is 9.94. The number of nitrogens with zero attached hydrogens (tertiary/aromatic N) is 1. The topological polar surface area (TPSA) is 144 Å². The van der Waals surface area contributed by atoms with Crippen molar-refractivity contribution in [3.8, 4) is 5.75 Å². The summed E-state index contributed by atoms with van der Waals surface area (Å²) < 4.78 is 11.2. The van der Waals surface area contributed by atoms with E-state index >= 15 is 0 Å². The van der Waals surface area contributed by atoms with Crippen LogP contribution in [0.3, 0.4) is 0 Å². The van der Waals surface area contributed by atoms with Gasteiger partial charge in [0.2, 0.25) is 5.91 Å². The Bertz CT molecular complexity index is 1290. The van der Waals surface area contributed by atoms with E-state index < -0.39 is 23.4 Å². The summed E-state index contributed by atoms with van der Waals surface area (Å²) in [5, 5.41) is 4.91. The van der Waals surface area contributed by atoms with Gasteiger partial charge in [0.15, 0.2) is 5.54 Å². The summed E-state index contributed by atoms with van der Waals surface area (Å²) in [7, 11) is 1.52. The Morgan fingerprint density at radius 2 is 2.03 bits per heavy atom. The van der Waals surface area contributed by atoms with Crippen LogP contribution in [-0.4, -0.2) is 42.3 Å². The first kappa shape index (κ1) is 20.6. The van der Waals surface area contributed by atoms with E-state index in [1.54, 1.807) is 36.4 Å². The molecule has 168 valence electrons. The van der Waals surface area contributed by atoms with Crippen molar-refractivity contribution in [2.75, 3.05) is 13.7 Å². The first-order chi connectivity index (χ1) is 15.8. The highest BCUT2D eigenvalue weighted by molar-refractivity contribution is 6.08. The molecule has 0 radical (unpaired) electrons. The number of ether oxygens (including phenoxy) is 1. The van der Waals surface area contributed by atoms with Gasteiger partial charge >= 0.3 is 6.03 Å². The van der Waals surface area contributed by atoms with Gasteiger partial charge in [-0.15, -0.1) is 0 Å². The Labute approximate surface area is 188 Å². The molecule has 1 aliphatic carbocycles. The number of methoxy groups -OCH3 is 1. The van der Waals surface area contributed by atoms with Crippen molar-refractivity contribution in [3.05, 3.63) is 70.2 Å². The molecule has 1 saturated heterocycles. The van der Waals surface area contributed by atoms with Crippen molar-refractivity contribution in [3.63, 3.8) is 0 Å². The highest BCUT2D eigenvalue weighted by Crippen LogP contribution is 2.35. The Balaban J connectivity index is 1.49. The highest BCUT2D eigenvalue weighted by Gasteiger charge is 2.53. The minimum Gasteiger partial charge on any atom is -0.497 e. The molecule has 10 heteroatoms. The van der Waals surface area contributed by atoms with Gasteiger partial charge in [-0.25, -0.2) is 4.79 Å². The number of nitrogens with one attached hydrogen (secondary N) is 2. The summed E-state index contributed by atoms with van der Waals surface area (Å²) >= 11 is 0. The number of imide groups is 1. The number of allylic oxidation sites excluding steroid dienone is 1. The van der Waals surface area contributed by atoms with Crippen molar-refractivity contribution in [2.45, 2.75) is 18.5 Å². The van der Waals surface area contributed by atoms with Gasteiger partial charge in [-0.1, -0.05) is 12.1 Å². The van der Waals surface area contributed by atoms with Gasteiger partial charge in [-0.2, -0.15) is 0 Å². The average Bonchev–Trinajstić information content (AvgIpc) is 3.37. The summed E-state index contributed by atoms with van der Waals surface area (Å²) in [5.74, 6) is -0.270. The molecule has 0 spiro atoms. The van der Waals surface area contributed by atoms with E-state index in [9.17, 15) is 19.2 Å². The van der Waals surface area contributed by atoms with Crippen LogP contribution in [0.15, 0.2) is 46.4 Å². The molecule has 1 atom stereocenters. The van der Waals surface area contributed by atoms with Gasteiger partial charge in [0.05, 0.1) is 13.7 Å². The Hall–Kier alpha value is -4.34. The number of nitrogens with two attached hydrogens (primary N) is 1. The largest absolute Gasteiger partial charge is 0.497 e. The molecule has 0 bridgehead atoms. The van der Waals surface area contributed by atoms with E-state index in [0.29, 0.717) is 34.6 Å². The van der Waals surface area contributed by atoms with Crippen LogP contribution in [0.4, 0.5) is 4.79 Å². The molecule has 2 aliphatic heterocycles. The fourth-order valence-electron chi connectivity index (χ4n) is 4.33. The molecule has 2 aromatic rings. The lowest BCUT2D eigenvalue weighted by Gasteiger charge is -2.29. The fraction of sp³-hybridized carbons (Fsp3) is 0.217. The van der Waals surface area contributed by atoms with Crippen molar-refractivity contribution in [1.82, 2.24) is 15.5 Å². The zero-order chi connectivity index (χ0) is 23.3. The van der Waals surface area contributed by atoms with Crippen LogP contribution >= 0.6 is 0 Å². The average molecular weight is 448 g/mol. The van der Waals surface area contributed by atoms with Crippen LogP contribution in [0.1, 0.15) is 33.0 Å². The number of amides is 5. The number of hydrogen-bond acceptors (Lipinski definition) is 6. The summed E-state index contributed by atoms with van der Waals surface area (Å²) in [6.07, 6.45) is 5.14. The number of rotatable bonds is 5. The lowest BCUT2D eigenvalue weighted by Crippen LogP contribution is -2.52. The normalized spacial score (nSPS) is 21.2. The molecule has 33 heavy (non-hydrogen) atoms. The van der Waals surface area contributed by atoms with Gasteiger partial charge in [-0.3, -0.25) is 19.7 Å². The van der Waals surface area contributed by atoms with Crippen LogP contribution in [0, 0.1) is 0 Å². The number of benzene rings is 1. The Morgan fingerprint density at radius 3 is 2.73 bits per heavy atom. The first-order valence-corrected chi connectivity index (χ1v) is 10.2. The number of furan rings is 1. The van der Waals surface area contributed by atoms with Crippen molar-refractivity contribution >= 4 is 29.8 Å². The number of fused-ring (bicyclic) bond motifs is 2. The van der Waals surface area contributed by atoms with E-state index in [1.807, 2.05) is 0 Å². The van der Waals surface area contributed by atoms with Gasteiger partial charge < -0.3 is 25.1 Å². The molecule has 4 N–H and O–H groups in total. The molecular weight excluding hydrogens is 428 g/mol. The Kier molecular flexibility index (Phi) is 4.59. The van der Waals surface area contributed by atoms with E-state index in [2.05, 4.69) is 10.6 Å². The smallest absolute Gasteiger partial charge is 0.322 e. The molecule has 0 saturated carbocycles. The summed E-state index contributed by atoms with van der Waals surface area (Å²) in [4.78, 5) is 51.2. The third kappa shape index (κ3) is 3.27. The number of carbonyl (C=O) groups is 4. The number of urea groups is 1. The minimum atomic E-state index is -1.60. The van der Waals surface area contributed by atoms with Gasteiger partial charge in [-0.05, 0) is 42.3 Å². The van der Waals surface area contributed by atoms with Crippen molar-refractivity contribution in [2.24, 2.45) is 5.73 Å². The van der Waals surface area contributed by atoms with E-state index in [0.717, 1.165) is 5.56 Å². The number of carbonyl (C=O) groups excluding carboxylic acids is 4. The number of primary amides is 1. The fourth-order valence-corrected chi connectivity index (χ4v) is 4.33. The second-order valence-electron chi connectivity index (χ2n) is 8.06. The third-order valence-electron chi connectivity index (χ3n) is 6.07. The van der Waals surface area contributed by atoms with Gasteiger partial charge in [0, 0.05) is 23.2 Å². The molecule has 0 unspecified atom stereocenters. The van der Waals surface area contributed by atoms with Crippen LogP contribution in [0.5, 0.6) is 5.75 Å². The SMILES string of the molecule is COc1ccc2c(c1)C(=O)N(C[C@@]1(c3cc4c(o3)C=CC(C(N)=O)=CC4)NC(=O)NC1=O)C2. The molecule has 1 aromatic heterocycles.